The average molecular weight is 295 g/mol. The summed E-state index contributed by atoms with van der Waals surface area (Å²) in [6, 6.07) is 0.752. The van der Waals surface area contributed by atoms with Gasteiger partial charge in [0.1, 0.15) is 0 Å². The molecule has 0 saturated carbocycles. The second-order valence-electron chi connectivity index (χ2n) is 7.08. The van der Waals surface area contributed by atoms with E-state index in [-0.39, 0.29) is 12.2 Å². The van der Waals surface area contributed by atoms with Crippen LogP contribution in [0.5, 0.6) is 0 Å². The number of hydrogen-bond donors (Lipinski definition) is 1. The highest BCUT2D eigenvalue weighted by Gasteiger charge is 2.38. The molecule has 3 atom stereocenters. The minimum absolute atomic E-state index is 0.0336. The van der Waals surface area contributed by atoms with E-state index in [1.807, 2.05) is 0 Å². The van der Waals surface area contributed by atoms with E-state index >= 15 is 0 Å². The van der Waals surface area contributed by atoms with Crippen molar-refractivity contribution >= 4 is 5.91 Å². The maximum Gasteiger partial charge on any atom is 0.241 e. The lowest BCUT2D eigenvalue weighted by Crippen LogP contribution is -2.43. The molecule has 2 rings (SSSR count). The van der Waals surface area contributed by atoms with Gasteiger partial charge in [-0.3, -0.25) is 10.1 Å². The molecule has 122 valence electrons. The Morgan fingerprint density at radius 2 is 2.05 bits per heavy atom. The normalized spacial score (nSPS) is 31.4. The molecule has 2 saturated heterocycles. The SMILES string of the molecule is CCC1NC(C(C)C)N(CCCN2CCCCC2C)C1=O. The lowest BCUT2D eigenvalue weighted by molar-refractivity contribution is -0.130. The summed E-state index contributed by atoms with van der Waals surface area (Å²) in [4.78, 5) is 17.1. The van der Waals surface area contributed by atoms with Gasteiger partial charge >= 0.3 is 0 Å². The van der Waals surface area contributed by atoms with E-state index < -0.39 is 0 Å². The number of likely N-dealkylation sites (tertiary alicyclic amines) is 1. The fourth-order valence-corrected chi connectivity index (χ4v) is 3.73. The van der Waals surface area contributed by atoms with Crippen molar-refractivity contribution < 1.29 is 4.79 Å². The molecule has 2 heterocycles. The van der Waals surface area contributed by atoms with E-state index in [9.17, 15) is 4.79 Å². The van der Waals surface area contributed by atoms with Gasteiger partial charge in [0, 0.05) is 19.1 Å². The molecule has 0 bridgehead atoms. The maximum absolute atomic E-state index is 12.4. The number of amides is 1. The molecule has 4 nitrogen and oxygen atoms in total. The zero-order chi connectivity index (χ0) is 15.4. The van der Waals surface area contributed by atoms with Crippen LogP contribution < -0.4 is 5.32 Å². The molecule has 3 unspecified atom stereocenters. The van der Waals surface area contributed by atoms with Gasteiger partial charge in [0.2, 0.25) is 5.91 Å². The molecular formula is C17H33N3O. The van der Waals surface area contributed by atoms with Gasteiger partial charge in [0.05, 0.1) is 12.2 Å². The van der Waals surface area contributed by atoms with Crippen molar-refractivity contribution in [3.05, 3.63) is 0 Å². The first-order valence-corrected chi connectivity index (χ1v) is 8.85. The largest absolute Gasteiger partial charge is 0.325 e. The molecule has 2 aliphatic heterocycles. The van der Waals surface area contributed by atoms with Crippen LogP contribution in [0.2, 0.25) is 0 Å². The highest BCUT2D eigenvalue weighted by Crippen LogP contribution is 2.21. The molecule has 0 spiro atoms. The van der Waals surface area contributed by atoms with Crippen LogP contribution in [-0.2, 0) is 4.79 Å². The van der Waals surface area contributed by atoms with Gasteiger partial charge in [-0.15, -0.1) is 0 Å². The summed E-state index contributed by atoms with van der Waals surface area (Å²) in [6.07, 6.45) is 6.25. The summed E-state index contributed by atoms with van der Waals surface area (Å²) in [6.45, 7) is 12.1. The zero-order valence-corrected chi connectivity index (χ0v) is 14.3. The average Bonchev–Trinajstić information content (AvgIpc) is 2.78. The van der Waals surface area contributed by atoms with Crippen molar-refractivity contribution in [1.82, 2.24) is 15.1 Å². The molecule has 0 aliphatic carbocycles. The second-order valence-corrected chi connectivity index (χ2v) is 7.08. The third kappa shape index (κ3) is 3.98. The van der Waals surface area contributed by atoms with Gasteiger partial charge < -0.3 is 9.80 Å². The summed E-state index contributed by atoms with van der Waals surface area (Å²) in [5, 5.41) is 3.50. The molecule has 4 heteroatoms. The summed E-state index contributed by atoms with van der Waals surface area (Å²) < 4.78 is 0. The van der Waals surface area contributed by atoms with Crippen LogP contribution in [0.25, 0.3) is 0 Å². The maximum atomic E-state index is 12.4. The van der Waals surface area contributed by atoms with E-state index in [0.717, 1.165) is 32.0 Å². The van der Waals surface area contributed by atoms with E-state index in [1.54, 1.807) is 0 Å². The minimum atomic E-state index is 0.0336. The van der Waals surface area contributed by atoms with Crippen molar-refractivity contribution in [2.45, 2.75) is 78.0 Å². The number of piperidine rings is 1. The molecule has 21 heavy (non-hydrogen) atoms. The van der Waals surface area contributed by atoms with Gasteiger partial charge in [0.15, 0.2) is 0 Å². The molecule has 0 radical (unpaired) electrons. The van der Waals surface area contributed by atoms with Crippen LogP contribution >= 0.6 is 0 Å². The quantitative estimate of drug-likeness (QED) is 0.817. The van der Waals surface area contributed by atoms with Gasteiger partial charge in [-0.05, 0) is 45.1 Å². The Labute approximate surface area is 130 Å². The Balaban J connectivity index is 1.84. The van der Waals surface area contributed by atoms with Gasteiger partial charge in [-0.25, -0.2) is 0 Å². The third-order valence-electron chi connectivity index (χ3n) is 5.11. The molecule has 0 aromatic rings. The molecule has 2 fully saturated rings. The highest BCUT2D eigenvalue weighted by atomic mass is 16.2. The second kappa shape index (κ2) is 7.59. The van der Waals surface area contributed by atoms with Crippen LogP contribution in [-0.4, -0.2) is 53.6 Å². The predicted octanol–water partition coefficient (Wildman–Crippen LogP) is 2.44. The number of nitrogens with one attached hydrogen (secondary N) is 1. The summed E-state index contributed by atoms with van der Waals surface area (Å²) in [5.41, 5.74) is 0. The standard InChI is InChI=1S/C17H33N3O/c1-5-15-17(21)20(16(18-15)13(2)3)12-8-11-19-10-7-6-9-14(19)4/h13-16,18H,5-12H2,1-4H3. The van der Waals surface area contributed by atoms with Crippen molar-refractivity contribution in [2.75, 3.05) is 19.6 Å². The van der Waals surface area contributed by atoms with Crippen LogP contribution in [0.1, 0.15) is 59.8 Å². The van der Waals surface area contributed by atoms with Crippen molar-refractivity contribution in [3.8, 4) is 0 Å². The number of carbonyl (C=O) groups is 1. The molecular weight excluding hydrogens is 262 g/mol. The summed E-state index contributed by atoms with van der Waals surface area (Å²) >= 11 is 0. The first-order chi connectivity index (χ1) is 10.0. The van der Waals surface area contributed by atoms with Crippen LogP contribution in [0.15, 0.2) is 0 Å². The molecule has 1 amide bonds. The lowest BCUT2D eigenvalue weighted by atomic mass is 10.0. The Hall–Kier alpha value is -0.610. The topological polar surface area (TPSA) is 35.6 Å². The number of nitrogens with zero attached hydrogens (tertiary/aromatic N) is 2. The van der Waals surface area contributed by atoms with E-state index in [0.29, 0.717) is 11.8 Å². The smallest absolute Gasteiger partial charge is 0.241 e. The number of rotatable bonds is 6. The Morgan fingerprint density at radius 3 is 2.67 bits per heavy atom. The van der Waals surface area contributed by atoms with Crippen molar-refractivity contribution in [1.29, 1.82) is 0 Å². The van der Waals surface area contributed by atoms with Crippen molar-refractivity contribution in [3.63, 3.8) is 0 Å². The van der Waals surface area contributed by atoms with Gasteiger partial charge in [-0.1, -0.05) is 27.2 Å². The number of carbonyl (C=O) groups excluding carboxylic acids is 1. The predicted molar refractivity (Wildman–Crippen MR) is 87.1 cm³/mol. The summed E-state index contributed by atoms with van der Waals surface area (Å²) in [7, 11) is 0. The van der Waals surface area contributed by atoms with Crippen LogP contribution in [0.3, 0.4) is 0 Å². The highest BCUT2D eigenvalue weighted by molar-refractivity contribution is 5.84. The Kier molecular flexibility index (Phi) is 6.06. The number of hydrogen-bond acceptors (Lipinski definition) is 3. The Morgan fingerprint density at radius 1 is 1.29 bits per heavy atom. The molecule has 1 N–H and O–H groups in total. The minimum Gasteiger partial charge on any atom is -0.325 e. The molecule has 0 aromatic carbocycles. The molecule has 0 aromatic heterocycles. The fourth-order valence-electron chi connectivity index (χ4n) is 3.73. The van der Waals surface area contributed by atoms with Crippen molar-refractivity contribution in [2.24, 2.45) is 5.92 Å². The zero-order valence-electron chi connectivity index (χ0n) is 14.3. The first kappa shape index (κ1) is 16.8. The van der Waals surface area contributed by atoms with Crippen LogP contribution in [0.4, 0.5) is 0 Å². The van der Waals surface area contributed by atoms with Gasteiger partial charge in [-0.2, -0.15) is 0 Å². The van der Waals surface area contributed by atoms with E-state index in [4.69, 9.17) is 0 Å². The van der Waals surface area contributed by atoms with Crippen LogP contribution in [0, 0.1) is 5.92 Å². The lowest BCUT2D eigenvalue weighted by Gasteiger charge is -2.34. The Bertz CT molecular complexity index is 345. The summed E-state index contributed by atoms with van der Waals surface area (Å²) in [5.74, 6) is 0.780. The fraction of sp³-hybridized carbons (Fsp3) is 0.941. The van der Waals surface area contributed by atoms with E-state index in [2.05, 4.69) is 42.8 Å². The monoisotopic (exact) mass is 295 g/mol. The third-order valence-corrected chi connectivity index (χ3v) is 5.11. The van der Waals surface area contributed by atoms with Gasteiger partial charge in [0.25, 0.3) is 0 Å². The molecule has 2 aliphatic rings. The van der Waals surface area contributed by atoms with E-state index in [1.165, 1.54) is 25.8 Å². The first-order valence-electron chi connectivity index (χ1n) is 8.85.